The lowest BCUT2D eigenvalue weighted by Crippen LogP contribution is -2.38. The second-order valence-corrected chi connectivity index (χ2v) is 11.2. The third-order valence-corrected chi connectivity index (χ3v) is 8.21. The van der Waals surface area contributed by atoms with Gasteiger partial charge in [0.1, 0.15) is 0 Å². The zero-order valence-corrected chi connectivity index (χ0v) is 24.8. The average molecular weight is 618 g/mol. The highest BCUT2D eigenvalue weighted by molar-refractivity contribution is 6.31. The Labute approximate surface area is 257 Å². The smallest absolute Gasteiger partial charge is 0.411 e. The summed E-state index contributed by atoms with van der Waals surface area (Å²) in [6.45, 7) is 2.01. The molecule has 0 unspecified atom stereocenters. The SMILES string of the molecule is COC(=O)Nc1ccc2c(c1)NC(=O)[C@H](C)CCC[C@H](N1CCC(c3c(C#N)ccc(Cl)c3F)=CC1=O)c1cc-2cc(=O)[nH]1. The molecular formula is C32H29ClFN5O5. The summed E-state index contributed by atoms with van der Waals surface area (Å²) in [5.74, 6) is -1.77. The number of methoxy groups -OCH3 is 1. The molecule has 10 nitrogen and oxygen atoms in total. The molecule has 3 heterocycles. The van der Waals surface area contributed by atoms with Crippen LogP contribution in [0.5, 0.6) is 0 Å². The Morgan fingerprint density at radius 2 is 1.95 bits per heavy atom. The van der Waals surface area contributed by atoms with Gasteiger partial charge in [0.05, 0.1) is 35.5 Å². The van der Waals surface area contributed by atoms with E-state index >= 15 is 4.39 Å². The minimum atomic E-state index is -0.753. The highest BCUT2D eigenvalue weighted by Gasteiger charge is 2.31. The summed E-state index contributed by atoms with van der Waals surface area (Å²) in [6.07, 6.45) is 2.42. The number of aromatic nitrogens is 1. The maximum atomic E-state index is 15.0. The molecule has 2 aliphatic heterocycles. The van der Waals surface area contributed by atoms with Crippen molar-refractivity contribution in [1.29, 1.82) is 5.26 Å². The van der Waals surface area contributed by atoms with Crippen molar-refractivity contribution in [2.45, 2.75) is 38.6 Å². The number of anilines is 2. The molecule has 0 spiro atoms. The number of aromatic amines is 1. The molecular weight excluding hydrogens is 589 g/mol. The van der Waals surface area contributed by atoms with Gasteiger partial charge in [-0.25, -0.2) is 9.18 Å². The number of amides is 3. The zero-order valence-electron chi connectivity index (χ0n) is 24.0. The number of carbonyl (C=O) groups excluding carboxylic acids is 3. The molecule has 0 saturated heterocycles. The van der Waals surface area contributed by atoms with E-state index in [2.05, 4.69) is 20.4 Å². The molecule has 3 amide bonds. The van der Waals surface area contributed by atoms with Gasteiger partial charge in [-0.3, -0.25) is 19.7 Å². The molecule has 44 heavy (non-hydrogen) atoms. The van der Waals surface area contributed by atoms with Crippen LogP contribution in [-0.2, 0) is 14.3 Å². The van der Waals surface area contributed by atoms with E-state index in [-0.39, 0.29) is 40.9 Å². The predicted octanol–water partition coefficient (Wildman–Crippen LogP) is 6.00. The van der Waals surface area contributed by atoms with Crippen molar-refractivity contribution in [1.82, 2.24) is 9.88 Å². The van der Waals surface area contributed by atoms with Gasteiger partial charge in [-0.2, -0.15) is 5.26 Å². The molecule has 2 atom stereocenters. The fraction of sp³-hybridized carbons (Fsp3) is 0.281. The first kappa shape index (κ1) is 30.5. The number of carbonyl (C=O) groups is 3. The van der Waals surface area contributed by atoms with Gasteiger partial charge < -0.3 is 19.9 Å². The lowest BCUT2D eigenvalue weighted by molar-refractivity contribution is -0.129. The zero-order chi connectivity index (χ0) is 31.5. The van der Waals surface area contributed by atoms with E-state index in [0.29, 0.717) is 53.0 Å². The Morgan fingerprint density at radius 1 is 1.16 bits per heavy atom. The van der Waals surface area contributed by atoms with Crippen LogP contribution in [0.15, 0.2) is 53.3 Å². The summed E-state index contributed by atoms with van der Waals surface area (Å²) in [5.41, 5.74) is 2.39. The summed E-state index contributed by atoms with van der Waals surface area (Å²) in [5, 5.41) is 14.9. The van der Waals surface area contributed by atoms with E-state index in [0.717, 1.165) is 0 Å². The highest BCUT2D eigenvalue weighted by Crippen LogP contribution is 2.37. The molecule has 2 aromatic carbocycles. The monoisotopic (exact) mass is 617 g/mol. The minimum absolute atomic E-state index is 0.0135. The number of nitriles is 1. The van der Waals surface area contributed by atoms with E-state index in [1.54, 1.807) is 36.1 Å². The summed E-state index contributed by atoms with van der Waals surface area (Å²) in [6, 6.07) is 12.2. The second-order valence-electron chi connectivity index (χ2n) is 10.7. The van der Waals surface area contributed by atoms with Crippen molar-refractivity contribution >= 4 is 46.5 Å². The van der Waals surface area contributed by atoms with Crippen LogP contribution >= 0.6 is 11.6 Å². The van der Waals surface area contributed by atoms with Crippen molar-refractivity contribution in [3.63, 3.8) is 0 Å². The minimum Gasteiger partial charge on any atom is -0.453 e. The number of fused-ring (bicyclic) bond motifs is 4. The Kier molecular flexibility index (Phi) is 8.83. The Balaban J connectivity index is 1.57. The van der Waals surface area contributed by atoms with Crippen LogP contribution in [0.2, 0.25) is 5.02 Å². The molecule has 2 aliphatic rings. The molecule has 5 rings (SSSR count). The highest BCUT2D eigenvalue weighted by atomic mass is 35.5. The summed E-state index contributed by atoms with van der Waals surface area (Å²) in [4.78, 5) is 56.0. The van der Waals surface area contributed by atoms with E-state index in [9.17, 15) is 24.4 Å². The number of benzene rings is 2. The Morgan fingerprint density at radius 3 is 2.68 bits per heavy atom. The first-order chi connectivity index (χ1) is 21.1. The van der Waals surface area contributed by atoms with Crippen molar-refractivity contribution in [2.24, 2.45) is 5.92 Å². The van der Waals surface area contributed by atoms with Crippen molar-refractivity contribution < 1.29 is 23.5 Å². The number of pyridine rings is 1. The third kappa shape index (κ3) is 6.21. The molecule has 3 aromatic rings. The molecule has 0 aliphatic carbocycles. The Bertz CT molecular complexity index is 1800. The van der Waals surface area contributed by atoms with Gasteiger partial charge in [0.15, 0.2) is 5.82 Å². The average Bonchev–Trinajstić information content (AvgIpc) is 3.00. The molecule has 226 valence electrons. The van der Waals surface area contributed by atoms with Gasteiger partial charge >= 0.3 is 6.09 Å². The lowest BCUT2D eigenvalue weighted by atomic mass is 9.91. The quantitative estimate of drug-likeness (QED) is 0.329. The van der Waals surface area contributed by atoms with Crippen LogP contribution in [0, 0.1) is 23.1 Å². The summed E-state index contributed by atoms with van der Waals surface area (Å²) >= 11 is 5.99. The first-order valence-corrected chi connectivity index (χ1v) is 14.4. The van der Waals surface area contributed by atoms with Crippen LogP contribution in [0.4, 0.5) is 20.6 Å². The van der Waals surface area contributed by atoms with Crippen LogP contribution in [0.3, 0.4) is 0 Å². The van der Waals surface area contributed by atoms with Crippen molar-refractivity contribution in [3.05, 3.63) is 86.6 Å². The number of halogens is 2. The summed E-state index contributed by atoms with van der Waals surface area (Å²) in [7, 11) is 1.24. The maximum absolute atomic E-state index is 15.0. The fourth-order valence-corrected chi connectivity index (χ4v) is 5.81. The second kappa shape index (κ2) is 12.7. The standard InChI is InChI=1S/C32H29ClFN5O5/c1-17-4-3-5-26(39-11-10-18(14-28(39)41)29-19(16-35)6-9-23(33)30(29)34)25-12-20(13-27(40)37-25)22-8-7-21(36-32(43)44-2)15-24(22)38-31(17)42/h6-9,12-15,17,26H,3-5,10-11H2,1-2H3,(H,36,43)(H,37,40)(H,38,42)/t17-,26+/m1/s1. The molecule has 0 fully saturated rings. The topological polar surface area (TPSA) is 144 Å². The number of hydrogen-bond acceptors (Lipinski definition) is 6. The van der Waals surface area contributed by atoms with E-state index in [4.69, 9.17) is 11.6 Å². The molecule has 12 heteroatoms. The fourth-order valence-electron chi connectivity index (χ4n) is 5.65. The number of H-pyrrole nitrogens is 1. The van der Waals surface area contributed by atoms with Gasteiger partial charge in [0.25, 0.3) is 0 Å². The van der Waals surface area contributed by atoms with E-state index in [1.807, 2.05) is 6.07 Å². The molecule has 1 aromatic heterocycles. The molecule has 0 radical (unpaired) electrons. The van der Waals surface area contributed by atoms with Crippen molar-refractivity contribution in [3.8, 4) is 17.2 Å². The maximum Gasteiger partial charge on any atom is 0.411 e. The van der Waals surface area contributed by atoms with Crippen LogP contribution < -0.4 is 16.2 Å². The van der Waals surface area contributed by atoms with Gasteiger partial charge in [0.2, 0.25) is 17.4 Å². The number of ether oxygens (including phenoxy) is 1. The number of nitrogens with one attached hydrogen (secondary N) is 3. The molecule has 0 saturated carbocycles. The normalized spacial score (nSPS) is 18.5. The van der Waals surface area contributed by atoms with Crippen molar-refractivity contribution in [2.75, 3.05) is 24.3 Å². The van der Waals surface area contributed by atoms with E-state index < -0.39 is 29.4 Å². The van der Waals surface area contributed by atoms with Gasteiger partial charge in [-0.1, -0.05) is 31.0 Å². The number of hydrogen-bond donors (Lipinski definition) is 3. The first-order valence-electron chi connectivity index (χ1n) is 14.0. The number of nitrogens with zero attached hydrogens (tertiary/aromatic N) is 2. The Hall–Kier alpha value is -4.95. The van der Waals surface area contributed by atoms with Gasteiger partial charge in [-0.15, -0.1) is 0 Å². The largest absolute Gasteiger partial charge is 0.453 e. The van der Waals surface area contributed by atoms with Crippen LogP contribution in [0.1, 0.15) is 55.5 Å². The van der Waals surface area contributed by atoms with E-state index in [1.165, 1.54) is 31.4 Å². The predicted molar refractivity (Wildman–Crippen MR) is 163 cm³/mol. The molecule has 2 bridgehead atoms. The van der Waals surface area contributed by atoms with Crippen LogP contribution in [-0.4, -0.2) is 41.4 Å². The third-order valence-electron chi connectivity index (χ3n) is 7.92. The lowest BCUT2D eigenvalue weighted by Gasteiger charge is -2.35. The van der Waals surface area contributed by atoms with Gasteiger partial charge in [0, 0.05) is 47.1 Å². The summed E-state index contributed by atoms with van der Waals surface area (Å²) < 4.78 is 19.7. The molecule has 3 N–H and O–H groups in total. The number of rotatable bonds is 3. The van der Waals surface area contributed by atoms with Crippen LogP contribution in [0.25, 0.3) is 16.7 Å². The van der Waals surface area contributed by atoms with Gasteiger partial charge in [-0.05, 0) is 60.7 Å².